The molecule has 2 rings (SSSR count). The molecule has 0 saturated carbocycles. The summed E-state index contributed by atoms with van der Waals surface area (Å²) in [6, 6.07) is 3.95. The van der Waals surface area contributed by atoms with Crippen LogP contribution in [0.15, 0.2) is 30.7 Å². The van der Waals surface area contributed by atoms with Crippen LogP contribution in [0, 0.1) is 0 Å². The van der Waals surface area contributed by atoms with E-state index in [9.17, 15) is 0 Å². The molecule has 0 spiro atoms. The van der Waals surface area contributed by atoms with Crippen LogP contribution in [0.3, 0.4) is 0 Å². The highest BCUT2D eigenvalue weighted by atomic mass is 15.1. The third-order valence-electron chi connectivity index (χ3n) is 2.04. The molecule has 0 aliphatic heterocycles. The Balaban J connectivity index is 2.37. The predicted molar refractivity (Wildman–Crippen MR) is 54.6 cm³/mol. The summed E-state index contributed by atoms with van der Waals surface area (Å²) >= 11 is 0. The van der Waals surface area contributed by atoms with Gasteiger partial charge in [-0.25, -0.2) is 0 Å². The molecule has 0 aromatic carbocycles. The lowest BCUT2D eigenvalue weighted by atomic mass is 10.1. The largest absolute Gasteiger partial charge is 0.314 e. The van der Waals surface area contributed by atoms with Crippen LogP contribution in [0.1, 0.15) is 5.69 Å². The summed E-state index contributed by atoms with van der Waals surface area (Å²) in [5.41, 5.74) is 3.28. The van der Waals surface area contributed by atoms with Gasteiger partial charge in [0.1, 0.15) is 0 Å². The first-order chi connectivity index (χ1) is 6.92. The van der Waals surface area contributed by atoms with Crippen molar-refractivity contribution in [2.24, 2.45) is 0 Å². The molecule has 0 fully saturated rings. The molecule has 2 aromatic rings. The van der Waals surface area contributed by atoms with E-state index in [4.69, 9.17) is 0 Å². The highest BCUT2D eigenvalue weighted by Crippen LogP contribution is 2.20. The Hall–Kier alpha value is -1.68. The first-order valence-electron chi connectivity index (χ1n) is 4.49. The molecule has 2 heterocycles. The summed E-state index contributed by atoms with van der Waals surface area (Å²) < 4.78 is 0. The van der Waals surface area contributed by atoms with Crippen molar-refractivity contribution < 1.29 is 0 Å². The molecule has 0 amide bonds. The Morgan fingerprint density at radius 3 is 3.07 bits per heavy atom. The maximum absolute atomic E-state index is 4.08. The van der Waals surface area contributed by atoms with Gasteiger partial charge in [-0.1, -0.05) is 6.07 Å². The van der Waals surface area contributed by atoms with Crippen LogP contribution in [0.2, 0.25) is 0 Å². The Kier molecular flexibility index (Phi) is 2.55. The Labute approximate surface area is 82.4 Å². The van der Waals surface area contributed by atoms with Gasteiger partial charge in [0.05, 0.1) is 11.9 Å². The molecule has 2 N–H and O–H groups in total. The smallest absolute Gasteiger partial charge is 0.0569 e. The van der Waals surface area contributed by atoms with Gasteiger partial charge < -0.3 is 5.32 Å². The van der Waals surface area contributed by atoms with Crippen LogP contribution >= 0.6 is 0 Å². The van der Waals surface area contributed by atoms with Gasteiger partial charge in [0, 0.05) is 30.1 Å². The van der Waals surface area contributed by atoms with Crippen molar-refractivity contribution >= 4 is 0 Å². The average Bonchev–Trinajstić information content (AvgIpc) is 2.68. The summed E-state index contributed by atoms with van der Waals surface area (Å²) in [7, 11) is 1.91. The summed E-state index contributed by atoms with van der Waals surface area (Å²) in [5.74, 6) is 0. The third-order valence-corrected chi connectivity index (χ3v) is 2.04. The van der Waals surface area contributed by atoms with Crippen molar-refractivity contribution in [1.82, 2.24) is 20.5 Å². The lowest BCUT2D eigenvalue weighted by Crippen LogP contribution is -2.06. The van der Waals surface area contributed by atoms with Crippen LogP contribution in [-0.2, 0) is 6.54 Å². The van der Waals surface area contributed by atoms with Gasteiger partial charge in [0.2, 0.25) is 0 Å². The number of aromatic amines is 1. The zero-order chi connectivity index (χ0) is 9.80. The molecule has 72 valence electrons. The summed E-state index contributed by atoms with van der Waals surface area (Å²) in [5, 5.41) is 10.1. The van der Waals surface area contributed by atoms with Crippen molar-refractivity contribution in [3.05, 3.63) is 36.4 Å². The fraction of sp³-hybridized carbons (Fsp3) is 0.200. The van der Waals surface area contributed by atoms with Gasteiger partial charge in [0.15, 0.2) is 0 Å². The standard InChI is InChI=1S/C10H12N4/c1-11-7-10-9(6-13-14-10)8-3-2-4-12-5-8/h2-6,11H,7H2,1H3,(H,13,14). The molecule has 0 atom stereocenters. The normalized spacial score (nSPS) is 10.4. The van der Waals surface area contributed by atoms with Gasteiger partial charge in [-0.3, -0.25) is 10.1 Å². The minimum absolute atomic E-state index is 0.782. The zero-order valence-corrected chi connectivity index (χ0v) is 7.99. The fourth-order valence-corrected chi connectivity index (χ4v) is 1.40. The maximum Gasteiger partial charge on any atom is 0.0569 e. The highest BCUT2D eigenvalue weighted by molar-refractivity contribution is 5.63. The second kappa shape index (κ2) is 4.02. The number of rotatable bonds is 3. The van der Waals surface area contributed by atoms with E-state index in [1.54, 1.807) is 6.20 Å². The first-order valence-corrected chi connectivity index (χ1v) is 4.49. The summed E-state index contributed by atoms with van der Waals surface area (Å²) in [6.45, 7) is 0.782. The van der Waals surface area contributed by atoms with Crippen molar-refractivity contribution in [2.45, 2.75) is 6.54 Å². The van der Waals surface area contributed by atoms with E-state index in [-0.39, 0.29) is 0 Å². The number of hydrogen-bond acceptors (Lipinski definition) is 3. The SMILES string of the molecule is CNCc1[nH]ncc1-c1cccnc1. The molecular weight excluding hydrogens is 176 g/mol. The second-order valence-electron chi connectivity index (χ2n) is 3.03. The molecule has 4 nitrogen and oxygen atoms in total. The first kappa shape index (κ1) is 8.90. The van der Waals surface area contributed by atoms with E-state index >= 15 is 0 Å². The van der Waals surface area contributed by atoms with Gasteiger partial charge in [0.25, 0.3) is 0 Å². The van der Waals surface area contributed by atoms with Crippen molar-refractivity contribution in [3.8, 4) is 11.1 Å². The third kappa shape index (κ3) is 1.65. The zero-order valence-electron chi connectivity index (χ0n) is 7.99. The number of aromatic nitrogens is 3. The lowest BCUT2D eigenvalue weighted by Gasteiger charge is -2.01. The average molecular weight is 188 g/mol. The van der Waals surface area contributed by atoms with Crippen molar-refractivity contribution in [2.75, 3.05) is 7.05 Å². The molecule has 4 heteroatoms. The maximum atomic E-state index is 4.08. The van der Waals surface area contributed by atoms with Crippen LogP contribution in [0.4, 0.5) is 0 Å². The molecular formula is C10H12N4. The van der Waals surface area contributed by atoms with Crippen LogP contribution in [-0.4, -0.2) is 22.2 Å². The topological polar surface area (TPSA) is 53.6 Å². The van der Waals surface area contributed by atoms with E-state index < -0.39 is 0 Å². The monoisotopic (exact) mass is 188 g/mol. The number of hydrogen-bond donors (Lipinski definition) is 2. The van der Waals surface area contributed by atoms with Crippen LogP contribution in [0.5, 0.6) is 0 Å². The minimum atomic E-state index is 0.782. The number of H-pyrrole nitrogens is 1. The van der Waals surface area contributed by atoms with Crippen LogP contribution < -0.4 is 5.32 Å². The Morgan fingerprint density at radius 1 is 1.43 bits per heavy atom. The van der Waals surface area contributed by atoms with Crippen molar-refractivity contribution in [1.29, 1.82) is 0 Å². The van der Waals surface area contributed by atoms with E-state index in [2.05, 4.69) is 20.5 Å². The molecule has 0 aliphatic rings. The quantitative estimate of drug-likeness (QED) is 0.760. The highest BCUT2D eigenvalue weighted by Gasteiger charge is 2.05. The van der Waals surface area contributed by atoms with Gasteiger partial charge in [-0.15, -0.1) is 0 Å². The summed E-state index contributed by atoms with van der Waals surface area (Å²) in [4.78, 5) is 4.08. The Bertz CT molecular complexity index is 394. The number of nitrogens with one attached hydrogen (secondary N) is 2. The van der Waals surface area contributed by atoms with E-state index in [1.165, 1.54) is 0 Å². The van der Waals surface area contributed by atoms with E-state index in [0.717, 1.165) is 23.4 Å². The molecule has 0 saturated heterocycles. The predicted octanol–water partition coefficient (Wildman–Crippen LogP) is 1.19. The van der Waals surface area contributed by atoms with Crippen molar-refractivity contribution in [3.63, 3.8) is 0 Å². The Morgan fingerprint density at radius 2 is 2.36 bits per heavy atom. The molecule has 0 unspecified atom stereocenters. The molecule has 0 bridgehead atoms. The number of nitrogens with zero attached hydrogens (tertiary/aromatic N) is 2. The van der Waals surface area contributed by atoms with Gasteiger partial charge in [-0.05, 0) is 13.1 Å². The number of pyridine rings is 1. The fourth-order valence-electron chi connectivity index (χ4n) is 1.40. The van der Waals surface area contributed by atoms with Gasteiger partial charge in [-0.2, -0.15) is 5.10 Å². The van der Waals surface area contributed by atoms with E-state index in [0.29, 0.717) is 0 Å². The lowest BCUT2D eigenvalue weighted by molar-refractivity contribution is 0.785. The van der Waals surface area contributed by atoms with Gasteiger partial charge >= 0.3 is 0 Å². The molecule has 2 aromatic heterocycles. The molecule has 0 aliphatic carbocycles. The van der Waals surface area contributed by atoms with E-state index in [1.807, 2.05) is 31.6 Å². The molecule has 14 heavy (non-hydrogen) atoms. The second-order valence-corrected chi connectivity index (χ2v) is 3.03. The van der Waals surface area contributed by atoms with Crippen LogP contribution in [0.25, 0.3) is 11.1 Å². The molecule has 0 radical (unpaired) electrons. The minimum Gasteiger partial charge on any atom is -0.314 e. The summed E-state index contributed by atoms with van der Waals surface area (Å²) in [6.07, 6.45) is 5.43.